The third-order valence-corrected chi connectivity index (χ3v) is 3.83. The summed E-state index contributed by atoms with van der Waals surface area (Å²) in [6.07, 6.45) is 4.46. The van der Waals surface area contributed by atoms with Crippen LogP contribution in [0.3, 0.4) is 0 Å². The van der Waals surface area contributed by atoms with Gasteiger partial charge in [-0.3, -0.25) is 9.48 Å². The molecule has 6 heteroatoms. The zero-order chi connectivity index (χ0) is 14.0. The maximum Gasteiger partial charge on any atom is 0.237 e. The molecule has 0 aromatic carbocycles. The minimum atomic E-state index is -0.352. The van der Waals surface area contributed by atoms with E-state index >= 15 is 0 Å². The molecule has 1 fully saturated rings. The number of anilines is 1. The van der Waals surface area contributed by atoms with Crippen LogP contribution >= 0.6 is 0 Å². The molecule has 1 saturated carbocycles. The fourth-order valence-corrected chi connectivity index (χ4v) is 2.99. The number of aromatic nitrogens is 2. The Kier molecular flexibility index (Phi) is 4.09. The van der Waals surface area contributed by atoms with Crippen molar-refractivity contribution < 1.29 is 9.90 Å². The van der Waals surface area contributed by atoms with Gasteiger partial charge < -0.3 is 15.7 Å². The van der Waals surface area contributed by atoms with Crippen molar-refractivity contribution in [3.8, 4) is 0 Å². The van der Waals surface area contributed by atoms with Crippen molar-refractivity contribution in [1.82, 2.24) is 9.78 Å². The molecule has 0 bridgehead atoms. The summed E-state index contributed by atoms with van der Waals surface area (Å²) in [5.41, 5.74) is 6.96. The number of rotatable bonds is 5. The quantitative estimate of drug-likeness (QED) is 0.810. The lowest BCUT2D eigenvalue weighted by molar-refractivity contribution is -0.116. The van der Waals surface area contributed by atoms with Crippen LogP contribution in [0, 0.1) is 6.92 Å². The molecule has 0 spiro atoms. The van der Waals surface area contributed by atoms with E-state index in [9.17, 15) is 9.90 Å². The molecule has 0 radical (unpaired) electrons. The van der Waals surface area contributed by atoms with Gasteiger partial charge in [-0.2, -0.15) is 5.10 Å². The van der Waals surface area contributed by atoms with Crippen LogP contribution in [0.25, 0.3) is 0 Å². The number of nitrogens with zero attached hydrogens (tertiary/aromatic N) is 3. The summed E-state index contributed by atoms with van der Waals surface area (Å²) in [7, 11) is 1.84. The van der Waals surface area contributed by atoms with Gasteiger partial charge in [-0.15, -0.1) is 0 Å². The molecule has 3 N–H and O–H groups in total. The van der Waals surface area contributed by atoms with Gasteiger partial charge in [-0.1, -0.05) is 12.8 Å². The average Bonchev–Trinajstić information content (AvgIpc) is 2.94. The van der Waals surface area contributed by atoms with Crippen molar-refractivity contribution in [2.24, 2.45) is 12.8 Å². The standard InChI is InChI=1S/C13H22N4O2/c1-9-11(8-18)13(16(2)15-9)17(7-12(14)19)10-5-3-4-6-10/h10,18H,3-8H2,1-2H3,(H2,14,19). The highest BCUT2D eigenvalue weighted by molar-refractivity contribution is 5.79. The predicted octanol–water partition coefficient (Wildman–Crippen LogP) is 0.455. The van der Waals surface area contributed by atoms with Gasteiger partial charge in [0.05, 0.1) is 18.8 Å². The summed E-state index contributed by atoms with van der Waals surface area (Å²) >= 11 is 0. The van der Waals surface area contributed by atoms with Crippen molar-refractivity contribution in [2.45, 2.75) is 45.3 Å². The fourth-order valence-electron chi connectivity index (χ4n) is 2.99. The first kappa shape index (κ1) is 13.9. The molecule has 1 aliphatic rings. The molecule has 0 unspecified atom stereocenters. The molecule has 1 aromatic heterocycles. The Morgan fingerprint density at radius 2 is 2.16 bits per heavy atom. The van der Waals surface area contributed by atoms with E-state index in [1.54, 1.807) is 4.68 Å². The summed E-state index contributed by atoms with van der Waals surface area (Å²) in [6.45, 7) is 1.97. The lowest BCUT2D eigenvalue weighted by Gasteiger charge is -2.30. The van der Waals surface area contributed by atoms with Gasteiger partial charge in [-0.25, -0.2) is 0 Å². The van der Waals surface area contributed by atoms with E-state index in [0.717, 1.165) is 29.9 Å². The number of carbonyl (C=O) groups excluding carboxylic acids is 1. The number of aryl methyl sites for hydroxylation is 2. The topological polar surface area (TPSA) is 84.4 Å². The van der Waals surface area contributed by atoms with Crippen LogP contribution < -0.4 is 10.6 Å². The van der Waals surface area contributed by atoms with Crippen LogP contribution in [0.2, 0.25) is 0 Å². The SMILES string of the molecule is Cc1nn(C)c(N(CC(N)=O)C2CCCC2)c1CO. The highest BCUT2D eigenvalue weighted by Crippen LogP contribution is 2.31. The van der Waals surface area contributed by atoms with Gasteiger partial charge in [0, 0.05) is 18.7 Å². The number of hydrogen-bond acceptors (Lipinski definition) is 4. The fraction of sp³-hybridized carbons (Fsp3) is 0.692. The van der Waals surface area contributed by atoms with Crippen molar-refractivity contribution in [3.63, 3.8) is 0 Å². The molecular weight excluding hydrogens is 244 g/mol. The summed E-state index contributed by atoms with van der Waals surface area (Å²) in [5, 5.41) is 13.9. The van der Waals surface area contributed by atoms with Crippen molar-refractivity contribution in [1.29, 1.82) is 0 Å². The van der Waals surface area contributed by atoms with Crippen molar-refractivity contribution >= 4 is 11.7 Å². The minimum absolute atomic E-state index is 0.0724. The number of amides is 1. The monoisotopic (exact) mass is 266 g/mol. The van der Waals surface area contributed by atoms with Crippen LogP contribution in [0.5, 0.6) is 0 Å². The molecule has 19 heavy (non-hydrogen) atoms. The molecule has 0 aliphatic heterocycles. The number of hydrogen-bond donors (Lipinski definition) is 2. The van der Waals surface area contributed by atoms with Gasteiger partial charge in [-0.05, 0) is 19.8 Å². The number of carbonyl (C=O) groups is 1. The highest BCUT2D eigenvalue weighted by Gasteiger charge is 2.28. The maximum absolute atomic E-state index is 11.3. The second kappa shape index (κ2) is 5.61. The first-order chi connectivity index (χ1) is 9.04. The van der Waals surface area contributed by atoms with Gasteiger partial charge in [0.25, 0.3) is 0 Å². The van der Waals surface area contributed by atoms with Crippen LogP contribution in [-0.4, -0.2) is 33.4 Å². The van der Waals surface area contributed by atoms with E-state index in [1.807, 2.05) is 18.9 Å². The normalized spacial score (nSPS) is 15.9. The Morgan fingerprint density at radius 1 is 1.53 bits per heavy atom. The predicted molar refractivity (Wildman–Crippen MR) is 72.7 cm³/mol. The average molecular weight is 266 g/mol. The Hall–Kier alpha value is -1.56. The molecule has 1 heterocycles. The first-order valence-electron chi connectivity index (χ1n) is 6.73. The number of aliphatic hydroxyl groups is 1. The zero-order valence-corrected chi connectivity index (χ0v) is 11.6. The number of primary amides is 1. The zero-order valence-electron chi connectivity index (χ0n) is 11.6. The molecule has 1 aromatic rings. The maximum atomic E-state index is 11.3. The van der Waals surface area contributed by atoms with Crippen LogP contribution in [0.15, 0.2) is 0 Å². The lowest BCUT2D eigenvalue weighted by Crippen LogP contribution is -2.41. The van der Waals surface area contributed by atoms with Crippen LogP contribution in [-0.2, 0) is 18.4 Å². The van der Waals surface area contributed by atoms with Crippen molar-refractivity contribution in [2.75, 3.05) is 11.4 Å². The molecule has 1 aliphatic carbocycles. The molecule has 106 valence electrons. The Balaban J connectivity index is 2.39. The van der Waals surface area contributed by atoms with Gasteiger partial charge in [0.2, 0.25) is 5.91 Å². The summed E-state index contributed by atoms with van der Waals surface area (Å²) in [4.78, 5) is 13.4. The van der Waals surface area contributed by atoms with E-state index in [-0.39, 0.29) is 19.1 Å². The van der Waals surface area contributed by atoms with E-state index in [2.05, 4.69) is 5.10 Å². The second-order valence-electron chi connectivity index (χ2n) is 5.20. The van der Waals surface area contributed by atoms with E-state index in [1.165, 1.54) is 12.8 Å². The van der Waals surface area contributed by atoms with Crippen molar-refractivity contribution in [3.05, 3.63) is 11.3 Å². The van der Waals surface area contributed by atoms with Gasteiger partial charge in [0.15, 0.2) is 0 Å². The minimum Gasteiger partial charge on any atom is -0.391 e. The Bertz CT molecular complexity index is 463. The van der Waals surface area contributed by atoms with Crippen LogP contribution in [0.1, 0.15) is 36.9 Å². The molecule has 0 atom stereocenters. The van der Waals surface area contributed by atoms with Crippen LogP contribution in [0.4, 0.5) is 5.82 Å². The largest absolute Gasteiger partial charge is 0.391 e. The highest BCUT2D eigenvalue weighted by atomic mass is 16.3. The summed E-state index contributed by atoms with van der Waals surface area (Å²) in [6, 6.07) is 0.313. The molecule has 6 nitrogen and oxygen atoms in total. The number of aliphatic hydroxyl groups excluding tert-OH is 1. The molecule has 2 rings (SSSR count). The lowest BCUT2D eigenvalue weighted by atomic mass is 10.1. The molecular formula is C13H22N4O2. The van der Waals surface area contributed by atoms with Gasteiger partial charge >= 0.3 is 0 Å². The molecule has 1 amide bonds. The third kappa shape index (κ3) is 2.73. The van der Waals surface area contributed by atoms with E-state index in [4.69, 9.17) is 5.73 Å². The Morgan fingerprint density at radius 3 is 2.68 bits per heavy atom. The van der Waals surface area contributed by atoms with Gasteiger partial charge in [0.1, 0.15) is 5.82 Å². The second-order valence-corrected chi connectivity index (χ2v) is 5.20. The molecule has 0 saturated heterocycles. The summed E-state index contributed by atoms with van der Waals surface area (Å²) in [5.74, 6) is 0.473. The Labute approximate surface area is 113 Å². The third-order valence-electron chi connectivity index (χ3n) is 3.83. The van der Waals surface area contributed by atoms with E-state index in [0.29, 0.717) is 6.04 Å². The van der Waals surface area contributed by atoms with E-state index < -0.39 is 0 Å². The number of nitrogens with two attached hydrogens (primary N) is 1. The smallest absolute Gasteiger partial charge is 0.237 e. The first-order valence-corrected chi connectivity index (χ1v) is 6.73. The summed E-state index contributed by atoms with van der Waals surface area (Å²) < 4.78 is 1.74.